The van der Waals surface area contributed by atoms with Crippen molar-refractivity contribution in [3.63, 3.8) is 0 Å². The summed E-state index contributed by atoms with van der Waals surface area (Å²) in [5.74, 6) is 2.10. The SMILES string of the molecule is C=C=C(C)CC1C=CC(C2=CCN(C(C(=O)CC(C)C)/C(=C/C=C)CC)CC2)=CC1.CC.CC(C)C.CI.I. The fourth-order valence-corrected chi connectivity index (χ4v) is 4.41. The number of nitrogens with zero attached hydrogens (tertiary/aromatic N) is 1. The van der Waals surface area contributed by atoms with E-state index in [9.17, 15) is 4.79 Å². The molecule has 0 fully saturated rings. The fourth-order valence-electron chi connectivity index (χ4n) is 4.41. The van der Waals surface area contributed by atoms with E-state index in [4.69, 9.17) is 0 Å². The molecule has 2 aliphatic rings. The second kappa shape index (κ2) is 26.2. The molecule has 0 amide bonds. The third kappa shape index (κ3) is 18.4. The molecule has 224 valence electrons. The molecule has 0 saturated carbocycles. The summed E-state index contributed by atoms with van der Waals surface area (Å²) < 4.78 is 0. The van der Waals surface area contributed by atoms with Crippen molar-refractivity contribution in [3.05, 3.63) is 77.6 Å². The number of hydrogen-bond acceptors (Lipinski definition) is 2. The van der Waals surface area contributed by atoms with Gasteiger partial charge in [-0.2, -0.15) is 0 Å². The summed E-state index contributed by atoms with van der Waals surface area (Å²) in [7, 11) is 0. The van der Waals surface area contributed by atoms with Crippen LogP contribution in [0.5, 0.6) is 0 Å². The predicted octanol–water partition coefficient (Wildman–Crippen LogP) is 11.1. The summed E-state index contributed by atoms with van der Waals surface area (Å²) in [5.41, 5.74) is 8.18. The van der Waals surface area contributed by atoms with Crippen LogP contribution in [0.25, 0.3) is 0 Å². The van der Waals surface area contributed by atoms with Gasteiger partial charge in [-0.15, -0.1) is 29.7 Å². The quantitative estimate of drug-likeness (QED) is 0.0956. The topological polar surface area (TPSA) is 20.3 Å². The molecule has 1 aliphatic heterocycles. The van der Waals surface area contributed by atoms with Gasteiger partial charge in [0, 0.05) is 19.5 Å². The molecule has 4 heteroatoms. The minimum atomic E-state index is -0.123. The molecular weight excluding hydrogens is 704 g/mol. The number of alkyl halides is 1. The summed E-state index contributed by atoms with van der Waals surface area (Å²) in [6, 6.07) is -0.123. The normalized spacial score (nSPS) is 17.4. The number of ketones is 1. The predicted molar refractivity (Wildman–Crippen MR) is 197 cm³/mol. The summed E-state index contributed by atoms with van der Waals surface area (Å²) in [5, 5.41) is 0. The monoisotopic (exact) mass is 763 g/mol. The average molecular weight is 764 g/mol. The third-order valence-electron chi connectivity index (χ3n) is 6.04. The molecule has 0 bridgehead atoms. The van der Waals surface area contributed by atoms with Crippen LogP contribution in [0, 0.1) is 17.8 Å². The van der Waals surface area contributed by atoms with Crippen molar-refractivity contribution in [2.45, 2.75) is 100 Å². The number of hydrogen-bond donors (Lipinski definition) is 0. The van der Waals surface area contributed by atoms with E-state index in [1.54, 1.807) is 0 Å². The maximum Gasteiger partial charge on any atom is 0.154 e. The second-order valence-corrected chi connectivity index (χ2v) is 10.7. The Morgan fingerprint density at radius 2 is 1.77 bits per heavy atom. The molecule has 2 rings (SSSR count). The Labute approximate surface area is 274 Å². The third-order valence-corrected chi connectivity index (χ3v) is 6.04. The summed E-state index contributed by atoms with van der Waals surface area (Å²) in [4.78, 5) is 17.4. The maximum absolute atomic E-state index is 13.1. The van der Waals surface area contributed by atoms with Crippen LogP contribution < -0.4 is 0 Å². The summed E-state index contributed by atoms with van der Waals surface area (Å²) in [6.45, 7) is 28.3. The lowest BCUT2D eigenvalue weighted by atomic mass is 9.86. The Morgan fingerprint density at radius 3 is 2.15 bits per heavy atom. The van der Waals surface area contributed by atoms with Crippen molar-refractivity contribution >= 4 is 52.4 Å². The van der Waals surface area contributed by atoms with Gasteiger partial charge < -0.3 is 0 Å². The Morgan fingerprint density at radius 1 is 1.18 bits per heavy atom. The largest absolute Gasteiger partial charge is 0.298 e. The van der Waals surface area contributed by atoms with E-state index in [-0.39, 0.29) is 30.0 Å². The zero-order valence-corrected chi connectivity index (χ0v) is 31.3. The molecule has 2 atom stereocenters. The van der Waals surface area contributed by atoms with Crippen molar-refractivity contribution in [1.29, 1.82) is 0 Å². The molecule has 0 saturated heterocycles. The highest BCUT2D eigenvalue weighted by Gasteiger charge is 2.30. The van der Waals surface area contributed by atoms with Crippen molar-refractivity contribution in [3.8, 4) is 0 Å². The first-order valence-corrected chi connectivity index (χ1v) is 16.7. The van der Waals surface area contributed by atoms with E-state index in [1.165, 1.54) is 22.3 Å². The van der Waals surface area contributed by atoms with Gasteiger partial charge in [-0.3, -0.25) is 9.69 Å². The van der Waals surface area contributed by atoms with Crippen LogP contribution >= 0.6 is 46.6 Å². The zero-order chi connectivity index (χ0) is 29.7. The maximum atomic E-state index is 13.1. The lowest BCUT2D eigenvalue weighted by Crippen LogP contribution is -2.45. The lowest BCUT2D eigenvalue weighted by molar-refractivity contribution is -0.123. The van der Waals surface area contributed by atoms with Crippen molar-refractivity contribution in [1.82, 2.24) is 4.90 Å². The molecule has 0 aromatic heterocycles. The molecule has 39 heavy (non-hydrogen) atoms. The van der Waals surface area contributed by atoms with Crippen molar-refractivity contribution in [2.75, 3.05) is 18.0 Å². The molecule has 0 aromatic carbocycles. The molecule has 0 aromatic rings. The van der Waals surface area contributed by atoms with Gasteiger partial charge in [-0.1, -0.05) is 128 Å². The van der Waals surface area contributed by atoms with Gasteiger partial charge in [0.15, 0.2) is 5.78 Å². The highest BCUT2D eigenvalue weighted by Crippen LogP contribution is 2.30. The molecular formula is C35H59I2NO. The number of carbonyl (C=O) groups excluding carboxylic acids is 1. The van der Waals surface area contributed by atoms with Crippen LogP contribution in [0.3, 0.4) is 0 Å². The van der Waals surface area contributed by atoms with Gasteiger partial charge in [-0.05, 0) is 77.6 Å². The highest BCUT2D eigenvalue weighted by atomic mass is 127. The van der Waals surface area contributed by atoms with Gasteiger partial charge in [0.05, 0.1) is 6.04 Å². The number of halogens is 2. The minimum absolute atomic E-state index is 0. The second-order valence-electron chi connectivity index (χ2n) is 10.7. The van der Waals surface area contributed by atoms with E-state index in [1.807, 2.05) is 30.9 Å². The number of rotatable bonds is 10. The highest BCUT2D eigenvalue weighted by molar-refractivity contribution is 14.1. The molecule has 0 radical (unpaired) electrons. The number of allylic oxidation sites excluding steroid dienone is 7. The van der Waals surface area contributed by atoms with Gasteiger partial charge in [0.2, 0.25) is 0 Å². The molecule has 2 nitrogen and oxygen atoms in total. The van der Waals surface area contributed by atoms with Crippen molar-refractivity contribution in [2.24, 2.45) is 17.8 Å². The molecule has 1 aliphatic carbocycles. The lowest BCUT2D eigenvalue weighted by Gasteiger charge is -2.35. The van der Waals surface area contributed by atoms with Gasteiger partial charge in [0.25, 0.3) is 0 Å². The van der Waals surface area contributed by atoms with E-state index in [0.717, 1.165) is 44.7 Å². The van der Waals surface area contributed by atoms with Gasteiger partial charge >= 0.3 is 0 Å². The Balaban J connectivity index is -0.00000129. The zero-order valence-electron chi connectivity index (χ0n) is 26.8. The molecule has 1 heterocycles. The molecule has 2 unspecified atom stereocenters. The van der Waals surface area contributed by atoms with Crippen LogP contribution in [-0.4, -0.2) is 34.7 Å². The smallest absolute Gasteiger partial charge is 0.154 e. The Bertz CT molecular complexity index is 851. The first kappa shape index (κ1) is 42.8. The first-order chi connectivity index (χ1) is 18.1. The standard InChI is InChI=1S/C28H39NO.C4H10.C2H6.CH3I.HI/c1-7-10-24(9-3)28(27(30)19-21(4)5)29-17-15-26(16-18-29)25-13-11-23(12-14-25)20-22(6)8-2;1-4(2)3;2*1-2;/h7,10-11,13-15,21,23,28H,1-2,9,12,16-20H2,3-6H3;4H,1-3H3;1-2H3;1H3;1H/b24-10+;;;;. The van der Waals surface area contributed by atoms with Gasteiger partial charge in [-0.25, -0.2) is 0 Å². The summed E-state index contributed by atoms with van der Waals surface area (Å²) >= 11 is 2.15. The molecule has 0 N–H and O–H groups in total. The fraction of sp³-hybridized carbons (Fsp3) is 0.600. The Kier molecular flexibility index (Phi) is 28.8. The Hall–Kier alpha value is -0.690. The number of carbonyl (C=O) groups is 1. The van der Waals surface area contributed by atoms with E-state index in [0.29, 0.717) is 24.0 Å². The van der Waals surface area contributed by atoms with E-state index in [2.05, 4.69) is 119 Å². The molecule has 0 spiro atoms. The van der Waals surface area contributed by atoms with E-state index < -0.39 is 0 Å². The van der Waals surface area contributed by atoms with Crippen LogP contribution in [0.1, 0.15) is 94.4 Å². The van der Waals surface area contributed by atoms with E-state index >= 15 is 0 Å². The minimum Gasteiger partial charge on any atom is -0.298 e. The average Bonchev–Trinajstić information content (AvgIpc) is 2.90. The van der Waals surface area contributed by atoms with Crippen molar-refractivity contribution < 1.29 is 4.79 Å². The van der Waals surface area contributed by atoms with Gasteiger partial charge in [0.1, 0.15) is 0 Å². The van der Waals surface area contributed by atoms with Crippen LogP contribution in [0.2, 0.25) is 0 Å². The number of Topliss-reactive ketones (excluding diaryl/α,β-unsaturated/α-hetero) is 1. The summed E-state index contributed by atoms with van der Waals surface area (Å²) in [6.07, 6.45) is 17.8. The first-order valence-electron chi connectivity index (χ1n) is 14.5. The van der Waals surface area contributed by atoms with Crippen LogP contribution in [0.4, 0.5) is 0 Å². The van der Waals surface area contributed by atoms with Crippen LogP contribution in [-0.2, 0) is 4.79 Å². The van der Waals surface area contributed by atoms with Crippen LogP contribution in [0.15, 0.2) is 77.6 Å².